The van der Waals surface area contributed by atoms with E-state index in [1.54, 1.807) is 0 Å². The Bertz CT molecular complexity index is 258. The van der Waals surface area contributed by atoms with E-state index in [2.05, 4.69) is 0 Å². The van der Waals surface area contributed by atoms with Gasteiger partial charge in [-0.3, -0.25) is 0 Å². The molecule has 1 saturated heterocycles. The van der Waals surface area contributed by atoms with Crippen LogP contribution in [0.4, 0.5) is 18.0 Å². The maximum absolute atomic E-state index is 12.0. The average Bonchev–Trinajstić information content (AvgIpc) is 2.49. The number of carbonyl (C=O) groups is 1. The van der Waals surface area contributed by atoms with Gasteiger partial charge in [0, 0.05) is 6.54 Å². The Morgan fingerprint density at radius 1 is 1.35 bits per heavy atom. The summed E-state index contributed by atoms with van der Waals surface area (Å²) in [5.74, 6) is 0. The Hall–Kier alpha value is -0.980. The molecular formula is C10H17F3N2O2. The van der Waals surface area contributed by atoms with E-state index in [-0.39, 0.29) is 12.6 Å². The largest absolute Gasteiger partial charge is 0.405 e. The molecule has 2 N–H and O–H groups in total. The Kier molecular flexibility index (Phi) is 5.04. The molecule has 100 valence electrons. The Morgan fingerprint density at radius 2 is 2.06 bits per heavy atom. The van der Waals surface area contributed by atoms with Gasteiger partial charge in [0.2, 0.25) is 0 Å². The first kappa shape index (κ1) is 14.1. The summed E-state index contributed by atoms with van der Waals surface area (Å²) in [5.41, 5.74) is 0. The van der Waals surface area contributed by atoms with E-state index in [9.17, 15) is 18.0 Å². The van der Waals surface area contributed by atoms with E-state index >= 15 is 0 Å². The van der Waals surface area contributed by atoms with Crippen LogP contribution in [0.1, 0.15) is 25.7 Å². The molecule has 1 fully saturated rings. The minimum atomic E-state index is -4.41. The number of carbonyl (C=O) groups excluding carboxylic acids is 1. The summed E-state index contributed by atoms with van der Waals surface area (Å²) in [6.07, 6.45) is -1.20. The number of aliphatic hydroxyl groups is 1. The van der Waals surface area contributed by atoms with Gasteiger partial charge >= 0.3 is 12.2 Å². The van der Waals surface area contributed by atoms with Crippen LogP contribution in [0.15, 0.2) is 0 Å². The van der Waals surface area contributed by atoms with Crippen molar-refractivity contribution in [2.75, 3.05) is 19.7 Å². The number of rotatable bonds is 2. The predicted molar refractivity (Wildman–Crippen MR) is 55.5 cm³/mol. The highest BCUT2D eigenvalue weighted by Crippen LogP contribution is 2.17. The molecule has 0 spiro atoms. The van der Waals surface area contributed by atoms with Crippen LogP contribution in [0.2, 0.25) is 0 Å². The van der Waals surface area contributed by atoms with Crippen LogP contribution in [0.25, 0.3) is 0 Å². The molecule has 1 atom stereocenters. The molecule has 1 unspecified atom stereocenters. The first-order valence-corrected chi connectivity index (χ1v) is 5.66. The first-order chi connectivity index (χ1) is 7.94. The lowest BCUT2D eigenvalue weighted by Crippen LogP contribution is -2.49. The fraction of sp³-hybridized carbons (Fsp3) is 0.900. The van der Waals surface area contributed by atoms with Gasteiger partial charge in [0.25, 0.3) is 0 Å². The monoisotopic (exact) mass is 254 g/mol. The molecule has 0 saturated carbocycles. The maximum atomic E-state index is 12.0. The molecule has 0 aromatic rings. The number of alkyl halides is 3. The third-order valence-corrected chi connectivity index (χ3v) is 2.79. The van der Waals surface area contributed by atoms with E-state index in [0.29, 0.717) is 13.0 Å². The highest BCUT2D eigenvalue weighted by atomic mass is 19.4. The van der Waals surface area contributed by atoms with Crippen molar-refractivity contribution in [1.29, 1.82) is 0 Å². The number of hydrogen-bond donors (Lipinski definition) is 2. The maximum Gasteiger partial charge on any atom is 0.405 e. The second-order valence-corrected chi connectivity index (χ2v) is 4.15. The van der Waals surface area contributed by atoms with Crippen molar-refractivity contribution in [1.82, 2.24) is 10.2 Å². The summed E-state index contributed by atoms with van der Waals surface area (Å²) in [4.78, 5) is 12.9. The molecule has 0 aromatic heterocycles. The van der Waals surface area contributed by atoms with Gasteiger partial charge in [-0.2, -0.15) is 13.2 Å². The van der Waals surface area contributed by atoms with Crippen LogP contribution < -0.4 is 5.32 Å². The number of halogens is 3. The Labute approximate surface area is 97.8 Å². The quantitative estimate of drug-likeness (QED) is 0.784. The van der Waals surface area contributed by atoms with Gasteiger partial charge in [0.05, 0.1) is 12.6 Å². The highest BCUT2D eigenvalue weighted by molar-refractivity contribution is 5.74. The number of likely N-dealkylation sites (tertiary alicyclic amines) is 1. The highest BCUT2D eigenvalue weighted by Gasteiger charge is 2.30. The number of hydrogen-bond acceptors (Lipinski definition) is 2. The van der Waals surface area contributed by atoms with Crippen molar-refractivity contribution in [2.45, 2.75) is 37.9 Å². The number of amides is 2. The fourth-order valence-corrected chi connectivity index (χ4v) is 1.91. The molecule has 7 heteroatoms. The van der Waals surface area contributed by atoms with E-state index in [1.165, 1.54) is 4.90 Å². The molecule has 0 radical (unpaired) electrons. The number of nitrogens with one attached hydrogen (secondary N) is 1. The summed E-state index contributed by atoms with van der Waals surface area (Å²) in [6.45, 7) is -1.14. The molecular weight excluding hydrogens is 237 g/mol. The van der Waals surface area contributed by atoms with Crippen LogP contribution >= 0.6 is 0 Å². The summed E-state index contributed by atoms with van der Waals surface area (Å²) in [5, 5.41) is 11.0. The van der Waals surface area contributed by atoms with E-state index in [4.69, 9.17) is 5.11 Å². The van der Waals surface area contributed by atoms with Crippen molar-refractivity contribution in [3.8, 4) is 0 Å². The first-order valence-electron chi connectivity index (χ1n) is 5.66. The van der Waals surface area contributed by atoms with Gasteiger partial charge < -0.3 is 15.3 Å². The van der Waals surface area contributed by atoms with Gasteiger partial charge in [-0.05, 0) is 12.8 Å². The van der Waals surface area contributed by atoms with E-state index in [0.717, 1.165) is 19.3 Å². The Morgan fingerprint density at radius 3 is 2.65 bits per heavy atom. The molecule has 0 aliphatic carbocycles. The van der Waals surface area contributed by atoms with E-state index in [1.807, 2.05) is 5.32 Å². The zero-order valence-corrected chi connectivity index (χ0v) is 9.46. The van der Waals surface area contributed by atoms with Crippen LogP contribution in [0, 0.1) is 0 Å². The number of aliphatic hydroxyl groups excluding tert-OH is 1. The van der Waals surface area contributed by atoms with Crippen LogP contribution in [0.5, 0.6) is 0 Å². The molecule has 1 aliphatic heterocycles. The third kappa shape index (κ3) is 4.80. The number of nitrogens with zero attached hydrogens (tertiary/aromatic N) is 1. The third-order valence-electron chi connectivity index (χ3n) is 2.79. The second kappa shape index (κ2) is 6.09. The zero-order chi connectivity index (χ0) is 12.9. The van der Waals surface area contributed by atoms with Crippen LogP contribution in [-0.2, 0) is 0 Å². The average molecular weight is 254 g/mol. The molecule has 0 bridgehead atoms. The summed E-state index contributed by atoms with van der Waals surface area (Å²) in [6, 6.07) is -1.12. The summed E-state index contributed by atoms with van der Waals surface area (Å²) in [7, 11) is 0. The van der Waals surface area contributed by atoms with Crippen molar-refractivity contribution in [2.24, 2.45) is 0 Å². The lowest BCUT2D eigenvalue weighted by atomic mass is 10.1. The normalized spacial score (nSPS) is 22.1. The second-order valence-electron chi connectivity index (χ2n) is 4.15. The smallest absolute Gasteiger partial charge is 0.394 e. The fourth-order valence-electron chi connectivity index (χ4n) is 1.91. The molecule has 1 heterocycles. The minimum absolute atomic E-state index is 0.209. The van der Waals surface area contributed by atoms with Gasteiger partial charge in [-0.15, -0.1) is 0 Å². The standard InChI is InChI=1S/C10H17F3N2O2/c11-10(12,13)7-14-9(17)15-5-3-1-2-4-8(15)6-16/h8,16H,1-7H2,(H,14,17). The van der Waals surface area contributed by atoms with Crippen LogP contribution in [0.3, 0.4) is 0 Å². The van der Waals surface area contributed by atoms with Crippen molar-refractivity contribution >= 4 is 6.03 Å². The van der Waals surface area contributed by atoms with E-state index < -0.39 is 18.8 Å². The van der Waals surface area contributed by atoms with Gasteiger partial charge in [0.1, 0.15) is 6.54 Å². The number of urea groups is 1. The molecule has 1 rings (SSSR count). The topological polar surface area (TPSA) is 52.6 Å². The van der Waals surface area contributed by atoms with Crippen molar-refractivity contribution in [3.63, 3.8) is 0 Å². The Balaban J connectivity index is 2.52. The van der Waals surface area contributed by atoms with Crippen molar-refractivity contribution in [3.05, 3.63) is 0 Å². The SMILES string of the molecule is O=C(NCC(F)(F)F)N1CCCCCC1CO. The lowest BCUT2D eigenvalue weighted by molar-refractivity contribution is -0.123. The van der Waals surface area contributed by atoms with Gasteiger partial charge in [0.15, 0.2) is 0 Å². The molecule has 0 aromatic carbocycles. The van der Waals surface area contributed by atoms with Crippen LogP contribution in [-0.4, -0.2) is 48.0 Å². The lowest BCUT2D eigenvalue weighted by Gasteiger charge is -2.28. The molecule has 4 nitrogen and oxygen atoms in total. The van der Waals surface area contributed by atoms with Crippen molar-refractivity contribution < 1.29 is 23.1 Å². The summed E-state index contributed by atoms with van der Waals surface area (Å²) >= 11 is 0. The molecule has 2 amide bonds. The summed E-state index contributed by atoms with van der Waals surface area (Å²) < 4.78 is 35.9. The zero-order valence-electron chi connectivity index (χ0n) is 9.46. The van der Waals surface area contributed by atoms with Gasteiger partial charge in [-0.1, -0.05) is 12.8 Å². The molecule has 1 aliphatic rings. The van der Waals surface area contributed by atoms with Gasteiger partial charge in [-0.25, -0.2) is 4.79 Å². The molecule has 17 heavy (non-hydrogen) atoms. The predicted octanol–water partition coefficient (Wildman–Crippen LogP) is 1.50. The minimum Gasteiger partial charge on any atom is -0.394 e.